The molecule has 0 radical (unpaired) electrons. The van der Waals surface area contributed by atoms with Crippen LogP contribution >= 0.6 is 11.6 Å². The van der Waals surface area contributed by atoms with Crippen molar-refractivity contribution in [3.05, 3.63) is 51.2 Å². The number of anilines is 2. The first-order valence-corrected chi connectivity index (χ1v) is 9.03. The fourth-order valence-electron chi connectivity index (χ4n) is 2.84. The highest BCUT2D eigenvalue weighted by Gasteiger charge is 2.20. The molecule has 1 aromatic carbocycles. The number of benzene rings is 1. The number of ether oxygens (including phenoxy) is 2. The molecule has 1 aliphatic heterocycles. The van der Waals surface area contributed by atoms with Crippen molar-refractivity contribution in [2.75, 3.05) is 43.6 Å². The standard InChI is InChI=1S/C18H20ClFN4O4/c1-27-11-13-9-17(26)24(18(21-13)23-4-6-28-7-5-23)10-16(25)22-15-3-2-12(20)8-14(15)19/h2-3,8-9H,4-7,10-11H2,1H3,(H,22,25). The summed E-state index contributed by atoms with van der Waals surface area (Å²) in [6.07, 6.45) is 0. The summed E-state index contributed by atoms with van der Waals surface area (Å²) in [7, 11) is 1.52. The zero-order valence-electron chi connectivity index (χ0n) is 15.3. The van der Waals surface area contributed by atoms with E-state index in [1.54, 1.807) is 0 Å². The SMILES string of the molecule is COCc1cc(=O)n(CC(=O)Nc2ccc(F)cc2Cl)c(N2CCOCC2)n1. The van der Waals surface area contributed by atoms with Crippen LogP contribution in [0.2, 0.25) is 5.02 Å². The van der Waals surface area contributed by atoms with E-state index in [-0.39, 0.29) is 29.4 Å². The molecular formula is C18H20ClFN4O4. The molecule has 0 spiro atoms. The molecule has 0 unspecified atom stereocenters. The number of carbonyl (C=O) groups is 1. The second-order valence-corrected chi connectivity index (χ2v) is 6.58. The molecule has 1 amide bonds. The lowest BCUT2D eigenvalue weighted by Gasteiger charge is -2.29. The summed E-state index contributed by atoms with van der Waals surface area (Å²) in [6, 6.07) is 4.99. The van der Waals surface area contributed by atoms with E-state index in [1.807, 2.05) is 4.90 Å². The van der Waals surface area contributed by atoms with Crippen molar-refractivity contribution in [2.24, 2.45) is 0 Å². The van der Waals surface area contributed by atoms with Gasteiger partial charge in [-0.05, 0) is 18.2 Å². The lowest BCUT2D eigenvalue weighted by Crippen LogP contribution is -2.42. The van der Waals surface area contributed by atoms with Gasteiger partial charge in [0.15, 0.2) is 0 Å². The van der Waals surface area contributed by atoms with Crippen LogP contribution in [0.25, 0.3) is 0 Å². The van der Waals surface area contributed by atoms with Gasteiger partial charge in [-0.25, -0.2) is 9.37 Å². The van der Waals surface area contributed by atoms with Gasteiger partial charge in [0.25, 0.3) is 5.56 Å². The van der Waals surface area contributed by atoms with Gasteiger partial charge in [0.05, 0.1) is 36.2 Å². The number of morpholine rings is 1. The quantitative estimate of drug-likeness (QED) is 0.779. The van der Waals surface area contributed by atoms with Crippen LogP contribution in [-0.4, -0.2) is 48.9 Å². The molecule has 0 aliphatic carbocycles. The molecule has 1 fully saturated rings. The fourth-order valence-corrected chi connectivity index (χ4v) is 3.05. The van der Waals surface area contributed by atoms with Crippen LogP contribution in [0.4, 0.5) is 16.0 Å². The summed E-state index contributed by atoms with van der Waals surface area (Å²) in [5.41, 5.74) is 0.370. The van der Waals surface area contributed by atoms with Crippen molar-refractivity contribution in [1.29, 1.82) is 0 Å². The lowest BCUT2D eigenvalue weighted by atomic mass is 10.3. The van der Waals surface area contributed by atoms with E-state index in [4.69, 9.17) is 21.1 Å². The normalized spacial score (nSPS) is 14.2. The first-order valence-electron chi connectivity index (χ1n) is 8.65. The van der Waals surface area contributed by atoms with E-state index in [1.165, 1.54) is 29.9 Å². The van der Waals surface area contributed by atoms with E-state index in [2.05, 4.69) is 10.3 Å². The van der Waals surface area contributed by atoms with E-state index in [0.717, 1.165) is 6.07 Å². The van der Waals surface area contributed by atoms with Gasteiger partial charge in [-0.3, -0.25) is 14.2 Å². The van der Waals surface area contributed by atoms with Crippen molar-refractivity contribution in [1.82, 2.24) is 9.55 Å². The Kier molecular flexibility index (Phi) is 6.61. The van der Waals surface area contributed by atoms with Gasteiger partial charge in [-0.1, -0.05) is 11.6 Å². The van der Waals surface area contributed by atoms with Gasteiger partial charge >= 0.3 is 0 Å². The van der Waals surface area contributed by atoms with Gasteiger partial charge in [0.1, 0.15) is 12.4 Å². The largest absolute Gasteiger partial charge is 0.378 e. The summed E-state index contributed by atoms with van der Waals surface area (Å²) < 4.78 is 24.9. The molecule has 150 valence electrons. The van der Waals surface area contributed by atoms with Crippen LogP contribution < -0.4 is 15.8 Å². The number of rotatable bonds is 6. The Morgan fingerprint density at radius 3 is 2.79 bits per heavy atom. The molecule has 1 N–H and O–H groups in total. The minimum absolute atomic E-state index is 0.0719. The van der Waals surface area contributed by atoms with Crippen LogP contribution in [0.15, 0.2) is 29.1 Å². The van der Waals surface area contributed by atoms with Crippen LogP contribution in [0.3, 0.4) is 0 Å². The van der Waals surface area contributed by atoms with Crippen molar-refractivity contribution in [3.8, 4) is 0 Å². The Bertz CT molecular complexity index is 915. The highest BCUT2D eigenvalue weighted by molar-refractivity contribution is 6.33. The number of halogens is 2. The molecule has 28 heavy (non-hydrogen) atoms. The molecule has 1 saturated heterocycles. The van der Waals surface area contributed by atoms with Gasteiger partial charge in [-0.2, -0.15) is 0 Å². The monoisotopic (exact) mass is 410 g/mol. The Morgan fingerprint density at radius 2 is 2.11 bits per heavy atom. The maximum absolute atomic E-state index is 13.2. The maximum atomic E-state index is 13.2. The number of carbonyl (C=O) groups excluding carboxylic acids is 1. The summed E-state index contributed by atoms with van der Waals surface area (Å²) in [4.78, 5) is 31.5. The third kappa shape index (κ3) is 4.86. The summed E-state index contributed by atoms with van der Waals surface area (Å²) in [5.74, 6) is -0.610. The predicted octanol–water partition coefficient (Wildman–Crippen LogP) is 1.66. The first kappa shape index (κ1) is 20.2. The van der Waals surface area contributed by atoms with Gasteiger partial charge < -0.3 is 19.7 Å². The molecule has 1 aromatic heterocycles. The summed E-state index contributed by atoms with van der Waals surface area (Å²) >= 11 is 5.94. The fraction of sp³-hybridized carbons (Fsp3) is 0.389. The second kappa shape index (κ2) is 9.13. The number of hydrogen-bond acceptors (Lipinski definition) is 6. The Labute approximate surface area is 165 Å². The average Bonchev–Trinajstić information content (AvgIpc) is 2.67. The van der Waals surface area contributed by atoms with Crippen molar-refractivity contribution in [3.63, 3.8) is 0 Å². The van der Waals surface area contributed by atoms with Gasteiger partial charge in [0.2, 0.25) is 11.9 Å². The third-order valence-corrected chi connectivity index (χ3v) is 4.45. The molecule has 10 heteroatoms. The zero-order chi connectivity index (χ0) is 20.1. The Morgan fingerprint density at radius 1 is 1.36 bits per heavy atom. The molecule has 0 atom stereocenters. The number of aromatic nitrogens is 2. The summed E-state index contributed by atoms with van der Waals surface area (Å²) in [6.45, 7) is 2.02. The number of methoxy groups -OCH3 is 1. The summed E-state index contributed by atoms with van der Waals surface area (Å²) in [5, 5.41) is 2.66. The van der Waals surface area contributed by atoms with Crippen LogP contribution in [0.1, 0.15) is 5.69 Å². The number of hydrogen-bond donors (Lipinski definition) is 1. The Balaban J connectivity index is 1.86. The molecule has 2 aromatic rings. The van der Waals surface area contributed by atoms with E-state index < -0.39 is 11.7 Å². The first-order chi connectivity index (χ1) is 13.5. The molecule has 0 bridgehead atoms. The molecule has 2 heterocycles. The van der Waals surface area contributed by atoms with E-state index >= 15 is 0 Å². The van der Waals surface area contributed by atoms with Gasteiger partial charge in [-0.15, -0.1) is 0 Å². The van der Waals surface area contributed by atoms with Crippen LogP contribution in [0.5, 0.6) is 0 Å². The van der Waals surface area contributed by atoms with E-state index in [0.29, 0.717) is 37.9 Å². The number of amides is 1. The minimum atomic E-state index is -0.508. The Hall–Kier alpha value is -2.49. The van der Waals surface area contributed by atoms with Crippen molar-refractivity contribution < 1.29 is 18.7 Å². The highest BCUT2D eigenvalue weighted by atomic mass is 35.5. The lowest BCUT2D eigenvalue weighted by molar-refractivity contribution is -0.116. The maximum Gasteiger partial charge on any atom is 0.255 e. The zero-order valence-corrected chi connectivity index (χ0v) is 16.0. The second-order valence-electron chi connectivity index (χ2n) is 6.18. The van der Waals surface area contributed by atoms with Gasteiger partial charge in [0, 0.05) is 26.3 Å². The average molecular weight is 411 g/mol. The predicted molar refractivity (Wildman–Crippen MR) is 102 cm³/mol. The highest BCUT2D eigenvalue weighted by Crippen LogP contribution is 2.22. The van der Waals surface area contributed by atoms with Crippen LogP contribution in [0, 0.1) is 5.82 Å². The topological polar surface area (TPSA) is 85.7 Å². The molecule has 8 nitrogen and oxygen atoms in total. The van der Waals surface area contributed by atoms with E-state index in [9.17, 15) is 14.0 Å². The smallest absolute Gasteiger partial charge is 0.255 e. The van der Waals surface area contributed by atoms with Crippen molar-refractivity contribution in [2.45, 2.75) is 13.2 Å². The minimum Gasteiger partial charge on any atom is -0.378 e. The molecule has 3 rings (SSSR count). The number of nitrogens with zero attached hydrogens (tertiary/aromatic N) is 3. The third-order valence-electron chi connectivity index (χ3n) is 4.13. The number of nitrogens with one attached hydrogen (secondary N) is 1. The molecule has 0 saturated carbocycles. The van der Waals surface area contributed by atoms with Crippen LogP contribution in [-0.2, 0) is 27.4 Å². The molecule has 1 aliphatic rings. The van der Waals surface area contributed by atoms with Crippen molar-refractivity contribution >= 4 is 29.1 Å². The molecular weight excluding hydrogens is 391 g/mol.